The number of carbonyl (C=O) groups is 2. The van der Waals surface area contributed by atoms with Crippen molar-refractivity contribution in [2.45, 2.75) is 47.0 Å². The Morgan fingerprint density at radius 2 is 1.62 bits per heavy atom. The molecule has 1 saturated heterocycles. The summed E-state index contributed by atoms with van der Waals surface area (Å²) in [6, 6.07) is 4.15. The lowest BCUT2D eigenvalue weighted by Crippen LogP contribution is -2.39. The van der Waals surface area contributed by atoms with E-state index in [-0.39, 0.29) is 23.7 Å². The minimum absolute atomic E-state index is 0.00576. The maximum atomic E-state index is 12.6. The zero-order valence-corrected chi connectivity index (χ0v) is 15.2. The van der Waals surface area contributed by atoms with E-state index in [0.29, 0.717) is 12.3 Å². The highest BCUT2D eigenvalue weighted by atomic mass is 16.2. The monoisotopic (exact) mass is 328 g/mol. The molecule has 2 atom stereocenters. The smallest absolute Gasteiger partial charge is 0.228 e. The van der Waals surface area contributed by atoms with Gasteiger partial charge < -0.3 is 10.2 Å². The van der Waals surface area contributed by atoms with Crippen LogP contribution in [0.4, 0.5) is 5.69 Å². The molecule has 4 heteroatoms. The molecule has 2 fully saturated rings. The summed E-state index contributed by atoms with van der Waals surface area (Å²) in [6.07, 6.45) is 2.86. The van der Waals surface area contributed by atoms with Gasteiger partial charge in [-0.05, 0) is 57.1 Å². The predicted octanol–water partition coefficient (Wildman–Crippen LogP) is 3.44. The van der Waals surface area contributed by atoms with E-state index in [2.05, 4.69) is 31.3 Å². The molecule has 0 aromatic heterocycles. The quantitative estimate of drug-likeness (QED) is 0.924. The second kappa shape index (κ2) is 6.58. The number of nitrogens with one attached hydrogen (secondary N) is 1. The van der Waals surface area contributed by atoms with Crippen LogP contribution >= 0.6 is 0 Å². The average Bonchev–Trinajstić information content (AvgIpc) is 3.31. The standard InChI is InChI=1S/C20H28N2O2/c1-12-5-7-22(8-6-12)20(24)17-11-16(17)19(23)21-18-14(3)9-13(2)10-15(18)4/h9-10,12,16-17H,5-8,11H2,1-4H3,(H,21,23). The van der Waals surface area contributed by atoms with Crippen LogP contribution in [0.25, 0.3) is 0 Å². The van der Waals surface area contributed by atoms with Crippen LogP contribution in [0.2, 0.25) is 0 Å². The van der Waals surface area contributed by atoms with Crippen molar-refractivity contribution in [2.24, 2.45) is 17.8 Å². The van der Waals surface area contributed by atoms with E-state index >= 15 is 0 Å². The number of piperidine rings is 1. The molecular formula is C20H28N2O2. The fraction of sp³-hybridized carbons (Fsp3) is 0.600. The Morgan fingerprint density at radius 3 is 2.21 bits per heavy atom. The van der Waals surface area contributed by atoms with Crippen molar-refractivity contribution < 1.29 is 9.59 Å². The third-order valence-electron chi connectivity index (χ3n) is 5.46. The Kier molecular flexibility index (Phi) is 4.66. The number of anilines is 1. The molecule has 3 rings (SSSR count). The first-order valence-electron chi connectivity index (χ1n) is 9.04. The van der Waals surface area contributed by atoms with Gasteiger partial charge in [0.15, 0.2) is 0 Å². The Labute approximate surface area is 144 Å². The van der Waals surface area contributed by atoms with Crippen molar-refractivity contribution in [3.63, 3.8) is 0 Å². The van der Waals surface area contributed by atoms with Crippen molar-refractivity contribution in [3.8, 4) is 0 Å². The summed E-state index contributed by atoms with van der Waals surface area (Å²) >= 11 is 0. The summed E-state index contributed by atoms with van der Waals surface area (Å²) in [4.78, 5) is 27.0. The highest BCUT2D eigenvalue weighted by Gasteiger charge is 2.49. The number of rotatable bonds is 3. The number of aryl methyl sites for hydroxylation is 3. The van der Waals surface area contributed by atoms with Crippen molar-refractivity contribution in [1.82, 2.24) is 4.90 Å². The van der Waals surface area contributed by atoms with Crippen LogP contribution in [0.3, 0.4) is 0 Å². The normalized spacial score (nSPS) is 23.9. The van der Waals surface area contributed by atoms with Crippen molar-refractivity contribution in [2.75, 3.05) is 18.4 Å². The van der Waals surface area contributed by atoms with Crippen molar-refractivity contribution in [1.29, 1.82) is 0 Å². The lowest BCUT2D eigenvalue weighted by molar-refractivity contribution is -0.135. The third-order valence-corrected chi connectivity index (χ3v) is 5.46. The Balaban J connectivity index is 1.59. The number of amides is 2. The van der Waals surface area contributed by atoms with Crippen LogP contribution in [0, 0.1) is 38.5 Å². The molecule has 1 aliphatic heterocycles. The van der Waals surface area contributed by atoms with Gasteiger partial charge in [-0.25, -0.2) is 0 Å². The summed E-state index contributed by atoms with van der Waals surface area (Å²) in [7, 11) is 0. The van der Waals surface area contributed by atoms with Gasteiger partial charge in [0.1, 0.15) is 0 Å². The van der Waals surface area contributed by atoms with Crippen LogP contribution < -0.4 is 5.32 Å². The van der Waals surface area contributed by atoms with Gasteiger partial charge in [0.2, 0.25) is 11.8 Å². The van der Waals surface area contributed by atoms with E-state index in [9.17, 15) is 9.59 Å². The van der Waals surface area contributed by atoms with Gasteiger partial charge in [0.25, 0.3) is 0 Å². The molecular weight excluding hydrogens is 300 g/mol. The van der Waals surface area contributed by atoms with E-state index in [4.69, 9.17) is 0 Å². The number of hydrogen-bond acceptors (Lipinski definition) is 2. The molecule has 1 aromatic carbocycles. The lowest BCUT2D eigenvalue weighted by Gasteiger charge is -2.30. The predicted molar refractivity (Wildman–Crippen MR) is 95.9 cm³/mol. The maximum absolute atomic E-state index is 12.6. The SMILES string of the molecule is Cc1cc(C)c(NC(=O)C2CC2C(=O)N2CCC(C)CC2)c(C)c1. The molecule has 2 aliphatic rings. The van der Waals surface area contributed by atoms with E-state index < -0.39 is 0 Å². The van der Waals surface area contributed by atoms with Crippen LogP contribution in [-0.2, 0) is 9.59 Å². The molecule has 0 spiro atoms. The van der Waals surface area contributed by atoms with Gasteiger partial charge in [0, 0.05) is 18.8 Å². The van der Waals surface area contributed by atoms with E-state index in [0.717, 1.165) is 42.7 Å². The zero-order chi connectivity index (χ0) is 17.4. The first-order chi connectivity index (χ1) is 11.4. The van der Waals surface area contributed by atoms with Gasteiger partial charge in [-0.3, -0.25) is 9.59 Å². The number of hydrogen-bond donors (Lipinski definition) is 1. The first kappa shape index (κ1) is 17.0. The maximum Gasteiger partial charge on any atom is 0.228 e. The van der Waals surface area contributed by atoms with E-state index in [1.165, 1.54) is 5.56 Å². The molecule has 0 bridgehead atoms. The summed E-state index contributed by atoms with van der Waals surface area (Å²) in [5.41, 5.74) is 4.25. The first-order valence-corrected chi connectivity index (χ1v) is 9.04. The topological polar surface area (TPSA) is 49.4 Å². The fourth-order valence-electron chi connectivity index (χ4n) is 3.81. The minimum Gasteiger partial charge on any atom is -0.342 e. The number of likely N-dealkylation sites (tertiary alicyclic amines) is 1. The zero-order valence-electron chi connectivity index (χ0n) is 15.2. The molecule has 2 amide bonds. The summed E-state index contributed by atoms with van der Waals surface area (Å²) in [5, 5.41) is 3.05. The molecule has 130 valence electrons. The molecule has 2 unspecified atom stereocenters. The highest BCUT2D eigenvalue weighted by Crippen LogP contribution is 2.41. The number of nitrogens with zero attached hydrogens (tertiary/aromatic N) is 1. The summed E-state index contributed by atoms with van der Waals surface area (Å²) in [5.74, 6) is 0.620. The molecule has 1 heterocycles. The Morgan fingerprint density at radius 1 is 1.04 bits per heavy atom. The minimum atomic E-state index is -0.156. The Bertz CT molecular complexity index is 637. The van der Waals surface area contributed by atoms with Crippen molar-refractivity contribution in [3.05, 3.63) is 28.8 Å². The summed E-state index contributed by atoms with van der Waals surface area (Å²) < 4.78 is 0. The third kappa shape index (κ3) is 3.47. The van der Waals surface area contributed by atoms with Crippen LogP contribution in [0.5, 0.6) is 0 Å². The molecule has 1 aromatic rings. The van der Waals surface area contributed by atoms with Gasteiger partial charge in [-0.15, -0.1) is 0 Å². The van der Waals surface area contributed by atoms with E-state index in [1.54, 1.807) is 0 Å². The molecule has 4 nitrogen and oxygen atoms in total. The van der Waals surface area contributed by atoms with Gasteiger partial charge in [-0.2, -0.15) is 0 Å². The van der Waals surface area contributed by atoms with Crippen LogP contribution in [0.15, 0.2) is 12.1 Å². The summed E-state index contributed by atoms with van der Waals surface area (Å²) in [6.45, 7) is 10.0. The number of benzene rings is 1. The molecule has 0 radical (unpaired) electrons. The van der Waals surface area contributed by atoms with Crippen LogP contribution in [-0.4, -0.2) is 29.8 Å². The highest BCUT2D eigenvalue weighted by molar-refractivity contribution is 6.00. The second-order valence-corrected chi connectivity index (χ2v) is 7.72. The van der Waals surface area contributed by atoms with Gasteiger partial charge >= 0.3 is 0 Å². The van der Waals surface area contributed by atoms with Crippen LogP contribution in [0.1, 0.15) is 42.9 Å². The largest absolute Gasteiger partial charge is 0.342 e. The van der Waals surface area contributed by atoms with Crippen molar-refractivity contribution >= 4 is 17.5 Å². The lowest BCUT2D eigenvalue weighted by atomic mass is 9.99. The fourth-order valence-corrected chi connectivity index (χ4v) is 3.81. The van der Waals surface area contributed by atoms with Gasteiger partial charge in [-0.1, -0.05) is 24.6 Å². The molecule has 1 N–H and O–H groups in total. The second-order valence-electron chi connectivity index (χ2n) is 7.72. The van der Waals surface area contributed by atoms with E-state index in [1.807, 2.05) is 18.7 Å². The molecule has 24 heavy (non-hydrogen) atoms. The average molecular weight is 328 g/mol. The Hall–Kier alpha value is -1.84. The van der Waals surface area contributed by atoms with Gasteiger partial charge in [0.05, 0.1) is 11.8 Å². The molecule has 1 saturated carbocycles. The number of carbonyl (C=O) groups excluding carboxylic acids is 2. The molecule has 1 aliphatic carbocycles.